The number of hydrogen-bond donors (Lipinski definition) is 2. The second-order valence-electron chi connectivity index (χ2n) is 5.61. The fourth-order valence-corrected chi connectivity index (χ4v) is 3.13. The molecule has 0 aliphatic carbocycles. The van der Waals surface area contributed by atoms with E-state index >= 15 is 0 Å². The number of thiazole rings is 1. The Balaban J connectivity index is 1.51. The molecule has 25 heavy (non-hydrogen) atoms. The van der Waals surface area contributed by atoms with Crippen LogP contribution in [0.3, 0.4) is 0 Å². The summed E-state index contributed by atoms with van der Waals surface area (Å²) in [7, 11) is 0. The standard InChI is InChI=1S/C18H13FN4OS/c19-12-3-1-11(2-4-12)7-17(24)21-13-5-6-14-15(8-13)23-18(22-14)16-9-25-10-20-16/h1-6,8-10H,7H2,(H,21,24)(H,22,23)/p+1. The van der Waals surface area contributed by atoms with E-state index in [1.54, 1.807) is 17.6 Å². The van der Waals surface area contributed by atoms with Crippen molar-refractivity contribution in [2.75, 3.05) is 5.32 Å². The summed E-state index contributed by atoms with van der Waals surface area (Å²) in [5.41, 5.74) is 5.89. The van der Waals surface area contributed by atoms with Crippen molar-refractivity contribution in [1.82, 2.24) is 9.97 Å². The van der Waals surface area contributed by atoms with Gasteiger partial charge in [0.05, 0.1) is 11.9 Å². The van der Waals surface area contributed by atoms with Gasteiger partial charge in [0, 0.05) is 17.1 Å². The van der Waals surface area contributed by atoms with Crippen LogP contribution < -0.4 is 10.3 Å². The predicted octanol–water partition coefficient (Wildman–Crippen LogP) is 3.43. The number of halogens is 1. The highest BCUT2D eigenvalue weighted by Crippen LogP contribution is 2.20. The normalized spacial score (nSPS) is 10.9. The zero-order valence-electron chi connectivity index (χ0n) is 13.0. The maximum absolute atomic E-state index is 12.9. The van der Waals surface area contributed by atoms with Crippen LogP contribution in [0.5, 0.6) is 0 Å². The molecule has 0 aliphatic rings. The first-order chi connectivity index (χ1) is 12.2. The van der Waals surface area contributed by atoms with Crippen molar-refractivity contribution in [3.63, 3.8) is 0 Å². The molecule has 0 radical (unpaired) electrons. The monoisotopic (exact) mass is 353 g/mol. The number of imidazole rings is 1. The van der Waals surface area contributed by atoms with Crippen LogP contribution in [0.1, 0.15) is 5.56 Å². The number of amides is 1. The van der Waals surface area contributed by atoms with E-state index in [0.717, 1.165) is 28.1 Å². The molecule has 4 rings (SSSR count). The molecule has 5 nitrogen and oxygen atoms in total. The number of carbonyl (C=O) groups excluding carboxylic acids is 1. The van der Waals surface area contributed by atoms with E-state index in [2.05, 4.69) is 20.3 Å². The summed E-state index contributed by atoms with van der Waals surface area (Å²) in [5, 5.41) is 4.81. The lowest BCUT2D eigenvalue weighted by molar-refractivity contribution is -0.330. The number of aromatic nitrogens is 3. The average Bonchev–Trinajstić information content (AvgIpc) is 3.25. The van der Waals surface area contributed by atoms with Gasteiger partial charge in [-0.05, 0) is 29.8 Å². The van der Waals surface area contributed by atoms with Gasteiger partial charge in [-0.15, -0.1) is 11.3 Å². The lowest BCUT2D eigenvalue weighted by Gasteiger charge is -2.04. The first-order valence-electron chi connectivity index (χ1n) is 7.65. The highest BCUT2D eigenvalue weighted by molar-refractivity contribution is 7.07. The summed E-state index contributed by atoms with van der Waals surface area (Å²) in [4.78, 5) is 23.0. The van der Waals surface area contributed by atoms with Crippen LogP contribution in [0, 0.1) is 5.82 Å². The molecular formula is C18H14FN4OS+. The topological polar surface area (TPSA) is 71.9 Å². The Labute approximate surface area is 146 Å². The number of nitrogens with zero attached hydrogens (tertiary/aromatic N) is 1. The van der Waals surface area contributed by atoms with Crippen LogP contribution in [0.15, 0.2) is 53.4 Å². The summed E-state index contributed by atoms with van der Waals surface area (Å²) < 4.78 is 12.9. The van der Waals surface area contributed by atoms with Crippen molar-refractivity contribution in [1.29, 1.82) is 0 Å². The zero-order valence-corrected chi connectivity index (χ0v) is 13.9. The number of hydrogen-bond acceptors (Lipinski definition) is 3. The number of H-pyrrole nitrogens is 2. The number of fused-ring (bicyclic) bond motifs is 1. The Hall–Kier alpha value is -3.06. The molecule has 0 fully saturated rings. The third kappa shape index (κ3) is 3.41. The van der Waals surface area contributed by atoms with Gasteiger partial charge in [0.15, 0.2) is 16.7 Å². The lowest BCUT2D eigenvalue weighted by Crippen LogP contribution is -2.14. The molecule has 0 unspecified atom stereocenters. The highest BCUT2D eigenvalue weighted by atomic mass is 32.1. The Morgan fingerprint density at radius 1 is 1.24 bits per heavy atom. The van der Waals surface area contributed by atoms with Gasteiger partial charge in [0.2, 0.25) is 5.91 Å². The quantitative estimate of drug-likeness (QED) is 0.590. The number of anilines is 1. The van der Waals surface area contributed by atoms with Gasteiger partial charge in [-0.25, -0.2) is 19.3 Å². The number of rotatable bonds is 4. The van der Waals surface area contributed by atoms with E-state index < -0.39 is 0 Å². The molecule has 1 amide bonds. The lowest BCUT2D eigenvalue weighted by atomic mass is 10.1. The van der Waals surface area contributed by atoms with Crippen molar-refractivity contribution < 1.29 is 14.2 Å². The molecular weight excluding hydrogens is 339 g/mol. The first-order valence-corrected chi connectivity index (χ1v) is 8.59. The zero-order chi connectivity index (χ0) is 17.2. The van der Waals surface area contributed by atoms with Crippen molar-refractivity contribution in [3.8, 4) is 11.5 Å². The Morgan fingerprint density at radius 2 is 2.08 bits per heavy atom. The van der Waals surface area contributed by atoms with Gasteiger partial charge < -0.3 is 5.32 Å². The summed E-state index contributed by atoms with van der Waals surface area (Å²) in [5.74, 6) is 0.362. The van der Waals surface area contributed by atoms with Crippen molar-refractivity contribution in [2.45, 2.75) is 6.42 Å². The predicted molar refractivity (Wildman–Crippen MR) is 94.7 cm³/mol. The first kappa shape index (κ1) is 15.5. The summed E-state index contributed by atoms with van der Waals surface area (Å²) in [6.07, 6.45) is 0.194. The van der Waals surface area contributed by atoms with Crippen molar-refractivity contribution in [3.05, 3.63) is 64.7 Å². The third-order valence-electron chi connectivity index (χ3n) is 3.79. The Kier molecular flexibility index (Phi) is 3.99. The van der Waals surface area contributed by atoms with Gasteiger partial charge in [-0.3, -0.25) is 4.79 Å². The Morgan fingerprint density at radius 3 is 2.84 bits per heavy atom. The summed E-state index contributed by atoms with van der Waals surface area (Å²) in [6, 6.07) is 11.5. The van der Waals surface area contributed by atoms with E-state index in [0.29, 0.717) is 5.69 Å². The van der Waals surface area contributed by atoms with Crippen molar-refractivity contribution in [2.24, 2.45) is 0 Å². The largest absolute Gasteiger partial charge is 0.326 e. The van der Waals surface area contributed by atoms with E-state index in [1.165, 1.54) is 23.5 Å². The molecule has 0 saturated carbocycles. The molecule has 124 valence electrons. The third-order valence-corrected chi connectivity index (χ3v) is 4.38. The number of benzene rings is 2. The number of aromatic amines is 2. The molecule has 0 atom stereocenters. The van der Waals surface area contributed by atoms with Crippen LogP contribution >= 0.6 is 11.3 Å². The average molecular weight is 353 g/mol. The smallest absolute Gasteiger partial charge is 0.305 e. The van der Waals surface area contributed by atoms with E-state index in [1.807, 2.05) is 23.6 Å². The SMILES string of the molecule is O=C(Cc1ccc(F)cc1)Nc1ccc2[nH+]c(-c3cscn3)[nH]c2c1. The fraction of sp³-hybridized carbons (Fsp3) is 0.0556. The molecule has 2 heterocycles. The molecule has 4 aromatic rings. The molecule has 0 spiro atoms. The Bertz CT molecular complexity index is 1030. The molecule has 2 aromatic carbocycles. The molecule has 0 aliphatic heterocycles. The molecule has 2 aromatic heterocycles. The van der Waals surface area contributed by atoms with E-state index in [9.17, 15) is 9.18 Å². The molecule has 0 saturated heterocycles. The maximum atomic E-state index is 12.9. The molecule has 0 bridgehead atoms. The summed E-state index contributed by atoms with van der Waals surface area (Å²) in [6.45, 7) is 0. The van der Waals surface area contributed by atoms with Gasteiger partial charge in [0.25, 0.3) is 0 Å². The summed E-state index contributed by atoms with van der Waals surface area (Å²) >= 11 is 1.53. The van der Waals surface area contributed by atoms with Gasteiger partial charge in [0.1, 0.15) is 5.82 Å². The number of carbonyl (C=O) groups is 1. The van der Waals surface area contributed by atoms with Crippen molar-refractivity contribution >= 4 is 34.0 Å². The van der Waals surface area contributed by atoms with Crippen LogP contribution in [0.2, 0.25) is 0 Å². The minimum atomic E-state index is -0.312. The minimum Gasteiger partial charge on any atom is -0.326 e. The maximum Gasteiger partial charge on any atom is 0.305 e. The van der Waals surface area contributed by atoms with Gasteiger partial charge in [-0.2, -0.15) is 0 Å². The highest BCUT2D eigenvalue weighted by Gasteiger charge is 2.14. The second kappa shape index (κ2) is 6.45. The molecule has 3 N–H and O–H groups in total. The van der Waals surface area contributed by atoms with Gasteiger partial charge in [-0.1, -0.05) is 12.1 Å². The second-order valence-corrected chi connectivity index (χ2v) is 6.33. The van der Waals surface area contributed by atoms with E-state index in [-0.39, 0.29) is 18.1 Å². The number of nitrogens with one attached hydrogen (secondary N) is 3. The van der Waals surface area contributed by atoms with Crippen LogP contribution in [-0.4, -0.2) is 15.9 Å². The fourth-order valence-electron chi connectivity index (χ4n) is 2.59. The van der Waals surface area contributed by atoms with Gasteiger partial charge >= 0.3 is 5.82 Å². The molecule has 7 heteroatoms. The van der Waals surface area contributed by atoms with Crippen LogP contribution in [-0.2, 0) is 11.2 Å². The minimum absolute atomic E-state index is 0.152. The van der Waals surface area contributed by atoms with Crippen LogP contribution in [0.25, 0.3) is 22.6 Å². The van der Waals surface area contributed by atoms with E-state index in [4.69, 9.17) is 0 Å². The van der Waals surface area contributed by atoms with Crippen LogP contribution in [0.4, 0.5) is 10.1 Å².